The first-order chi connectivity index (χ1) is 8.11. The zero-order valence-electron chi connectivity index (χ0n) is 9.32. The molecule has 1 amide bonds. The highest BCUT2D eigenvalue weighted by molar-refractivity contribution is 7.16. The highest BCUT2D eigenvalue weighted by Crippen LogP contribution is 2.42. The molecule has 1 fully saturated rings. The van der Waals surface area contributed by atoms with E-state index in [-0.39, 0.29) is 0 Å². The van der Waals surface area contributed by atoms with Crippen LogP contribution in [0.4, 0.5) is 5.00 Å². The molecule has 1 aromatic rings. The second-order valence-corrected chi connectivity index (χ2v) is 5.53. The van der Waals surface area contributed by atoms with Crippen LogP contribution in [0, 0.1) is 0 Å². The Hall–Kier alpha value is -1.11. The van der Waals surface area contributed by atoms with Crippen LogP contribution in [-0.4, -0.2) is 24.9 Å². The molecule has 0 radical (unpaired) electrons. The number of hydrogen-bond donors (Lipinski definition) is 2. The van der Waals surface area contributed by atoms with Gasteiger partial charge in [0.2, 0.25) is 0 Å². The van der Waals surface area contributed by atoms with Crippen molar-refractivity contribution in [2.24, 2.45) is 5.73 Å². The molecule has 1 aromatic heterocycles. The molecule has 1 aliphatic carbocycles. The van der Waals surface area contributed by atoms with Crippen molar-refractivity contribution < 1.29 is 14.3 Å². The summed E-state index contributed by atoms with van der Waals surface area (Å²) in [6, 6.07) is 0. The number of hydrogen-bond acceptors (Lipinski definition) is 5. The maximum atomic E-state index is 11.4. The lowest BCUT2D eigenvalue weighted by atomic mass is 9.90. The number of ether oxygens (including phenoxy) is 2. The van der Waals surface area contributed by atoms with Gasteiger partial charge in [0.05, 0.1) is 23.8 Å². The molecule has 0 saturated carbocycles. The molecule has 5 nitrogen and oxygen atoms in total. The lowest BCUT2D eigenvalue weighted by molar-refractivity contribution is -0.163. The third kappa shape index (κ3) is 1.64. The van der Waals surface area contributed by atoms with Gasteiger partial charge in [-0.15, -0.1) is 11.3 Å². The molecule has 2 aliphatic rings. The van der Waals surface area contributed by atoms with Crippen molar-refractivity contribution in [1.82, 2.24) is 0 Å². The fourth-order valence-electron chi connectivity index (χ4n) is 2.60. The number of nitrogens with two attached hydrogens (primary N) is 2. The molecule has 1 saturated heterocycles. The number of nitrogen functional groups attached to an aromatic ring is 1. The van der Waals surface area contributed by atoms with E-state index in [1.807, 2.05) is 0 Å². The third-order valence-electron chi connectivity index (χ3n) is 3.36. The van der Waals surface area contributed by atoms with Crippen molar-refractivity contribution in [2.45, 2.75) is 25.0 Å². The first-order valence-corrected chi connectivity index (χ1v) is 6.41. The Bertz CT molecular complexity index is 477. The maximum Gasteiger partial charge on any atom is 0.251 e. The molecule has 0 unspecified atom stereocenters. The average molecular weight is 254 g/mol. The lowest BCUT2D eigenvalue weighted by Gasteiger charge is -2.31. The number of fused-ring (bicyclic) bond motifs is 1. The van der Waals surface area contributed by atoms with Crippen molar-refractivity contribution in [3.63, 3.8) is 0 Å². The molecular formula is C11H14N2O3S. The van der Waals surface area contributed by atoms with Gasteiger partial charge in [-0.1, -0.05) is 0 Å². The van der Waals surface area contributed by atoms with E-state index in [1.165, 1.54) is 11.3 Å². The first kappa shape index (κ1) is 11.0. The predicted molar refractivity (Wildman–Crippen MR) is 63.9 cm³/mol. The van der Waals surface area contributed by atoms with Crippen molar-refractivity contribution >= 4 is 22.2 Å². The second kappa shape index (κ2) is 3.69. The van der Waals surface area contributed by atoms with Gasteiger partial charge in [-0.3, -0.25) is 4.79 Å². The Morgan fingerprint density at radius 3 is 2.71 bits per heavy atom. The zero-order valence-corrected chi connectivity index (χ0v) is 10.1. The van der Waals surface area contributed by atoms with E-state index in [1.54, 1.807) is 0 Å². The lowest BCUT2D eigenvalue weighted by Crippen LogP contribution is -2.36. The molecular weight excluding hydrogens is 240 g/mol. The normalized spacial score (nSPS) is 21.6. The minimum atomic E-state index is -0.487. The van der Waals surface area contributed by atoms with Gasteiger partial charge >= 0.3 is 0 Å². The van der Waals surface area contributed by atoms with E-state index in [9.17, 15) is 4.79 Å². The van der Waals surface area contributed by atoms with Gasteiger partial charge in [-0.2, -0.15) is 0 Å². The van der Waals surface area contributed by atoms with E-state index >= 15 is 0 Å². The van der Waals surface area contributed by atoms with Gasteiger partial charge in [0.15, 0.2) is 5.79 Å². The number of amides is 1. The van der Waals surface area contributed by atoms with E-state index in [0.717, 1.165) is 23.3 Å². The molecule has 92 valence electrons. The molecule has 0 aromatic carbocycles. The summed E-state index contributed by atoms with van der Waals surface area (Å²) in [5.74, 6) is -0.927. The van der Waals surface area contributed by atoms with Crippen LogP contribution in [0.15, 0.2) is 0 Å². The quantitative estimate of drug-likeness (QED) is 0.770. The monoisotopic (exact) mass is 254 g/mol. The van der Waals surface area contributed by atoms with Gasteiger partial charge in [0, 0.05) is 17.7 Å². The fourth-order valence-corrected chi connectivity index (χ4v) is 3.81. The largest absolute Gasteiger partial charge is 0.390 e. The van der Waals surface area contributed by atoms with E-state index < -0.39 is 11.7 Å². The minimum absolute atomic E-state index is 0.441. The molecule has 1 aliphatic heterocycles. The number of rotatable bonds is 1. The Labute approximate surface area is 103 Å². The summed E-state index contributed by atoms with van der Waals surface area (Å²) in [5, 5.41) is 0.512. The Balaban J connectivity index is 1.99. The smallest absolute Gasteiger partial charge is 0.251 e. The summed E-state index contributed by atoms with van der Waals surface area (Å²) in [4.78, 5) is 12.4. The number of carbonyl (C=O) groups excluding carboxylic acids is 1. The van der Waals surface area contributed by atoms with Crippen molar-refractivity contribution in [1.29, 1.82) is 0 Å². The van der Waals surface area contributed by atoms with Crippen LogP contribution in [0.5, 0.6) is 0 Å². The van der Waals surface area contributed by atoms with E-state index in [2.05, 4.69) is 0 Å². The Kier molecular flexibility index (Phi) is 2.39. The molecule has 0 atom stereocenters. The van der Waals surface area contributed by atoms with Gasteiger partial charge < -0.3 is 20.9 Å². The van der Waals surface area contributed by atoms with E-state index in [4.69, 9.17) is 20.9 Å². The van der Waals surface area contributed by atoms with Crippen molar-refractivity contribution in [3.05, 3.63) is 16.0 Å². The summed E-state index contributed by atoms with van der Waals surface area (Å²) >= 11 is 1.42. The van der Waals surface area contributed by atoms with Gasteiger partial charge in [0.1, 0.15) is 0 Å². The van der Waals surface area contributed by atoms with Gasteiger partial charge in [-0.05, 0) is 12.0 Å². The summed E-state index contributed by atoms with van der Waals surface area (Å²) in [6.45, 7) is 1.28. The van der Waals surface area contributed by atoms with Crippen LogP contribution < -0.4 is 11.5 Å². The maximum absolute atomic E-state index is 11.4. The average Bonchev–Trinajstić information content (AvgIpc) is 2.82. The number of anilines is 1. The highest BCUT2D eigenvalue weighted by atomic mass is 32.1. The molecule has 2 heterocycles. The predicted octanol–water partition coefficient (Wildman–Crippen LogP) is 0.661. The number of thiophene rings is 1. The molecule has 17 heavy (non-hydrogen) atoms. The van der Waals surface area contributed by atoms with Crippen molar-refractivity contribution in [2.75, 3.05) is 18.9 Å². The molecule has 4 N–H and O–H groups in total. The van der Waals surface area contributed by atoms with Crippen LogP contribution in [-0.2, 0) is 22.3 Å². The minimum Gasteiger partial charge on any atom is -0.390 e. The van der Waals surface area contributed by atoms with Crippen molar-refractivity contribution in [3.8, 4) is 0 Å². The van der Waals surface area contributed by atoms with Crippen LogP contribution >= 0.6 is 11.3 Å². The Morgan fingerprint density at radius 2 is 2.06 bits per heavy atom. The SMILES string of the molecule is NC(=O)c1c(N)sc2c1CCC1(C2)OCCO1. The van der Waals surface area contributed by atoms with Crippen LogP contribution in [0.25, 0.3) is 0 Å². The summed E-state index contributed by atoms with van der Waals surface area (Å²) in [6.07, 6.45) is 2.17. The fraction of sp³-hybridized carbons (Fsp3) is 0.545. The summed E-state index contributed by atoms with van der Waals surface area (Å²) < 4.78 is 11.4. The highest BCUT2D eigenvalue weighted by Gasteiger charge is 2.42. The summed E-state index contributed by atoms with van der Waals surface area (Å²) in [5.41, 5.74) is 12.7. The topological polar surface area (TPSA) is 87.6 Å². The standard InChI is InChI=1S/C11H14N2O3S/c12-9(14)8-6-1-2-11(15-3-4-16-11)5-7(6)17-10(8)13/h1-5,13H2,(H2,12,14). The van der Waals surface area contributed by atoms with E-state index in [0.29, 0.717) is 30.2 Å². The van der Waals surface area contributed by atoms with Crippen LogP contribution in [0.1, 0.15) is 27.2 Å². The molecule has 0 bridgehead atoms. The number of carbonyl (C=O) groups is 1. The first-order valence-electron chi connectivity index (χ1n) is 5.59. The molecule has 1 spiro atoms. The second-order valence-electron chi connectivity index (χ2n) is 4.39. The summed E-state index contributed by atoms with van der Waals surface area (Å²) in [7, 11) is 0. The van der Waals surface area contributed by atoms with Gasteiger partial charge in [0.25, 0.3) is 5.91 Å². The molecule has 3 rings (SSSR count). The van der Waals surface area contributed by atoms with Gasteiger partial charge in [-0.25, -0.2) is 0 Å². The third-order valence-corrected chi connectivity index (χ3v) is 4.42. The Morgan fingerprint density at radius 1 is 1.35 bits per heavy atom. The van der Waals surface area contributed by atoms with Crippen LogP contribution in [0.2, 0.25) is 0 Å². The zero-order chi connectivity index (χ0) is 12.0. The van der Waals surface area contributed by atoms with Crippen LogP contribution in [0.3, 0.4) is 0 Å². The number of primary amides is 1. The molecule has 6 heteroatoms.